The molecule has 0 spiro atoms. The van der Waals surface area contributed by atoms with Gasteiger partial charge in [0, 0.05) is 18.6 Å². The first-order chi connectivity index (χ1) is 10.0. The lowest BCUT2D eigenvalue weighted by Gasteiger charge is -2.20. The second-order valence-corrected chi connectivity index (χ2v) is 5.05. The molecule has 0 amide bonds. The Balaban J connectivity index is 2.28. The summed E-state index contributed by atoms with van der Waals surface area (Å²) in [6.07, 6.45) is 1.51. The van der Waals surface area contributed by atoms with Crippen molar-refractivity contribution >= 4 is 29.1 Å². The van der Waals surface area contributed by atoms with E-state index < -0.39 is 5.97 Å². The Bertz CT molecular complexity index is 644. The first-order valence-electron chi connectivity index (χ1n) is 6.30. The van der Waals surface area contributed by atoms with Gasteiger partial charge in [-0.05, 0) is 23.8 Å². The Labute approximate surface area is 128 Å². The molecule has 2 rings (SSSR count). The lowest BCUT2D eigenvalue weighted by molar-refractivity contribution is 0.0601. The molecule has 0 unspecified atom stereocenters. The molecular weight excluding hydrogens is 290 g/mol. The molecule has 5 nitrogen and oxygen atoms in total. The Morgan fingerprint density at radius 1 is 1.38 bits per heavy atom. The second kappa shape index (κ2) is 6.45. The molecule has 1 heterocycles. The Hall–Kier alpha value is -2.27. The van der Waals surface area contributed by atoms with Crippen molar-refractivity contribution in [2.45, 2.75) is 6.54 Å². The highest BCUT2D eigenvalue weighted by molar-refractivity contribution is 6.30. The molecule has 21 heavy (non-hydrogen) atoms. The number of aromatic nitrogens is 1. The molecule has 0 saturated carbocycles. The number of rotatable bonds is 4. The van der Waals surface area contributed by atoms with E-state index >= 15 is 0 Å². The molecule has 2 N–H and O–H groups in total. The summed E-state index contributed by atoms with van der Waals surface area (Å²) >= 11 is 5.87. The van der Waals surface area contributed by atoms with Gasteiger partial charge >= 0.3 is 5.97 Å². The van der Waals surface area contributed by atoms with Gasteiger partial charge in [-0.25, -0.2) is 9.78 Å². The molecule has 0 aliphatic carbocycles. The largest absolute Gasteiger partial charge is 0.465 e. The van der Waals surface area contributed by atoms with Crippen LogP contribution < -0.4 is 10.6 Å². The average molecular weight is 306 g/mol. The van der Waals surface area contributed by atoms with Gasteiger partial charge in [0.2, 0.25) is 0 Å². The van der Waals surface area contributed by atoms with E-state index in [0.717, 1.165) is 5.56 Å². The lowest BCUT2D eigenvalue weighted by Crippen LogP contribution is -2.21. The van der Waals surface area contributed by atoms with Crippen molar-refractivity contribution in [2.24, 2.45) is 0 Å². The van der Waals surface area contributed by atoms with Crippen molar-refractivity contribution in [3.8, 4) is 0 Å². The number of nitrogens with zero attached hydrogens (tertiary/aromatic N) is 2. The van der Waals surface area contributed by atoms with Gasteiger partial charge in [-0.15, -0.1) is 0 Å². The third-order valence-electron chi connectivity index (χ3n) is 2.99. The highest BCUT2D eigenvalue weighted by Crippen LogP contribution is 2.22. The molecule has 110 valence electrons. The van der Waals surface area contributed by atoms with Gasteiger partial charge in [-0.2, -0.15) is 0 Å². The number of halogens is 1. The minimum Gasteiger partial charge on any atom is -0.465 e. The van der Waals surface area contributed by atoms with Gasteiger partial charge in [-0.3, -0.25) is 0 Å². The van der Waals surface area contributed by atoms with Crippen LogP contribution >= 0.6 is 11.6 Å². The number of pyridine rings is 1. The van der Waals surface area contributed by atoms with E-state index in [1.165, 1.54) is 13.3 Å². The first kappa shape index (κ1) is 15.1. The van der Waals surface area contributed by atoms with E-state index in [0.29, 0.717) is 28.6 Å². The van der Waals surface area contributed by atoms with Crippen LogP contribution in [-0.4, -0.2) is 25.1 Å². The number of nitrogen functional groups attached to an aromatic ring is 1. The molecule has 2 aromatic rings. The highest BCUT2D eigenvalue weighted by atomic mass is 35.5. The maximum Gasteiger partial charge on any atom is 0.341 e. The summed E-state index contributed by atoms with van der Waals surface area (Å²) in [6.45, 7) is 0.581. The number of hydrogen-bond acceptors (Lipinski definition) is 5. The van der Waals surface area contributed by atoms with Crippen molar-refractivity contribution in [3.63, 3.8) is 0 Å². The van der Waals surface area contributed by atoms with Gasteiger partial charge in [0.05, 0.1) is 19.0 Å². The van der Waals surface area contributed by atoms with E-state index in [1.807, 2.05) is 36.2 Å². The topological polar surface area (TPSA) is 68.5 Å². The zero-order chi connectivity index (χ0) is 15.4. The molecule has 0 radical (unpaired) electrons. The molecule has 1 aromatic carbocycles. The molecule has 0 fully saturated rings. The van der Waals surface area contributed by atoms with Crippen LogP contribution in [0.5, 0.6) is 0 Å². The van der Waals surface area contributed by atoms with Gasteiger partial charge in [0.15, 0.2) is 0 Å². The number of benzene rings is 1. The minimum atomic E-state index is -0.465. The molecule has 0 aliphatic rings. The number of nitrogens with two attached hydrogens (primary N) is 1. The summed E-state index contributed by atoms with van der Waals surface area (Å²) in [4.78, 5) is 17.9. The SMILES string of the molecule is COC(=O)c1cc(N)cnc1N(C)Cc1ccc(Cl)cc1. The van der Waals surface area contributed by atoms with Crippen LogP contribution in [0.4, 0.5) is 11.5 Å². The highest BCUT2D eigenvalue weighted by Gasteiger charge is 2.17. The zero-order valence-corrected chi connectivity index (χ0v) is 12.6. The average Bonchev–Trinajstić information content (AvgIpc) is 2.48. The zero-order valence-electron chi connectivity index (χ0n) is 11.8. The van der Waals surface area contributed by atoms with Crippen LogP contribution in [0.1, 0.15) is 15.9 Å². The normalized spacial score (nSPS) is 10.2. The lowest BCUT2D eigenvalue weighted by atomic mass is 10.2. The maximum absolute atomic E-state index is 11.8. The summed E-state index contributed by atoms with van der Waals surface area (Å²) in [5.74, 6) is 0.0544. The number of hydrogen-bond donors (Lipinski definition) is 1. The van der Waals surface area contributed by atoms with Gasteiger partial charge < -0.3 is 15.4 Å². The Kier molecular flexibility index (Phi) is 4.65. The van der Waals surface area contributed by atoms with E-state index in [2.05, 4.69) is 4.98 Å². The van der Waals surface area contributed by atoms with Crippen LogP contribution in [0, 0.1) is 0 Å². The molecule has 0 bridgehead atoms. The monoisotopic (exact) mass is 305 g/mol. The van der Waals surface area contributed by atoms with Crippen LogP contribution in [0.3, 0.4) is 0 Å². The second-order valence-electron chi connectivity index (χ2n) is 4.61. The van der Waals surface area contributed by atoms with Crippen molar-refractivity contribution < 1.29 is 9.53 Å². The van der Waals surface area contributed by atoms with E-state index in [9.17, 15) is 4.79 Å². The van der Waals surface area contributed by atoms with Gasteiger partial charge in [0.25, 0.3) is 0 Å². The van der Waals surface area contributed by atoms with Crippen LogP contribution in [0.2, 0.25) is 5.02 Å². The van der Waals surface area contributed by atoms with Crippen molar-refractivity contribution in [1.29, 1.82) is 0 Å². The van der Waals surface area contributed by atoms with E-state index in [-0.39, 0.29) is 0 Å². The smallest absolute Gasteiger partial charge is 0.341 e. The Morgan fingerprint density at radius 3 is 2.67 bits per heavy atom. The van der Waals surface area contributed by atoms with Crippen molar-refractivity contribution in [3.05, 3.63) is 52.7 Å². The summed E-state index contributed by atoms with van der Waals surface area (Å²) in [5, 5.41) is 0.683. The van der Waals surface area contributed by atoms with Gasteiger partial charge in [-0.1, -0.05) is 23.7 Å². The molecule has 0 aliphatic heterocycles. The standard InChI is InChI=1S/C15H16ClN3O2/c1-19(9-10-3-5-11(16)6-4-10)14-13(15(20)21-2)7-12(17)8-18-14/h3-8H,9,17H2,1-2H3. The first-order valence-corrected chi connectivity index (χ1v) is 6.68. The third kappa shape index (κ3) is 3.64. The third-order valence-corrected chi connectivity index (χ3v) is 3.24. The molecule has 6 heteroatoms. The maximum atomic E-state index is 11.8. The number of carbonyl (C=O) groups is 1. The van der Waals surface area contributed by atoms with E-state index in [1.54, 1.807) is 6.07 Å². The van der Waals surface area contributed by atoms with E-state index in [4.69, 9.17) is 22.1 Å². The fraction of sp³-hybridized carbons (Fsp3) is 0.200. The number of anilines is 2. The van der Waals surface area contributed by atoms with Crippen molar-refractivity contribution in [1.82, 2.24) is 4.98 Å². The summed E-state index contributed by atoms with van der Waals surface area (Å²) in [6, 6.07) is 9.05. The number of ether oxygens (including phenoxy) is 1. The summed E-state index contributed by atoms with van der Waals surface area (Å²) < 4.78 is 4.77. The molecule has 0 saturated heterocycles. The summed E-state index contributed by atoms with van der Waals surface area (Å²) in [7, 11) is 3.17. The number of carbonyl (C=O) groups excluding carboxylic acids is 1. The minimum absolute atomic E-state index is 0.342. The fourth-order valence-corrected chi connectivity index (χ4v) is 2.10. The molecular formula is C15H16ClN3O2. The predicted molar refractivity (Wildman–Crippen MR) is 83.5 cm³/mol. The number of esters is 1. The molecule has 1 aromatic heterocycles. The van der Waals surface area contributed by atoms with Crippen LogP contribution in [0.25, 0.3) is 0 Å². The van der Waals surface area contributed by atoms with Gasteiger partial charge in [0.1, 0.15) is 11.4 Å². The Morgan fingerprint density at radius 2 is 2.05 bits per heavy atom. The predicted octanol–water partition coefficient (Wildman–Crippen LogP) is 2.74. The number of methoxy groups -OCH3 is 1. The fourth-order valence-electron chi connectivity index (χ4n) is 1.98. The van der Waals surface area contributed by atoms with Crippen LogP contribution in [-0.2, 0) is 11.3 Å². The van der Waals surface area contributed by atoms with Crippen LogP contribution in [0.15, 0.2) is 36.5 Å². The summed E-state index contributed by atoms with van der Waals surface area (Å²) in [5.41, 5.74) is 7.50. The molecule has 0 atom stereocenters. The quantitative estimate of drug-likeness (QED) is 0.880. The van der Waals surface area contributed by atoms with Crippen molar-refractivity contribution in [2.75, 3.05) is 24.8 Å².